The lowest BCUT2D eigenvalue weighted by Gasteiger charge is -2.23. The summed E-state index contributed by atoms with van der Waals surface area (Å²) in [5.74, 6) is 1.17. The van der Waals surface area contributed by atoms with Crippen LogP contribution >= 0.6 is 0 Å². The lowest BCUT2D eigenvalue weighted by Crippen LogP contribution is -2.25. The van der Waals surface area contributed by atoms with Crippen LogP contribution in [0.3, 0.4) is 0 Å². The Hall–Kier alpha value is -2.55. The van der Waals surface area contributed by atoms with Gasteiger partial charge in [0.15, 0.2) is 11.1 Å². The van der Waals surface area contributed by atoms with Gasteiger partial charge in [0.05, 0.1) is 35.9 Å². The summed E-state index contributed by atoms with van der Waals surface area (Å²) < 4.78 is 33.8. The van der Waals surface area contributed by atoms with Gasteiger partial charge in [0, 0.05) is 48.1 Å². The first-order chi connectivity index (χ1) is 16.1. The molecule has 33 heavy (non-hydrogen) atoms. The standard InChI is InChI=1S/C25H31N3O4S/c26-24-22-9-8-21(32-20-10-13-31-14-11-20)16-23(22)28(19-6-7-19)25(24)17-2-4-18(5-3-17)27-12-1-15-33(29)30/h2-5,8-9,16,19-20,27H,1,6-7,10-15,26H2,(H,29,30). The number of nitrogens with zero attached hydrogens (tertiary/aromatic N) is 1. The Kier molecular flexibility index (Phi) is 6.57. The molecule has 4 N–H and O–H groups in total. The van der Waals surface area contributed by atoms with Gasteiger partial charge < -0.3 is 29.6 Å². The lowest BCUT2D eigenvalue weighted by molar-refractivity contribution is 0.0256. The summed E-state index contributed by atoms with van der Waals surface area (Å²) >= 11 is -1.74. The van der Waals surface area contributed by atoms with Gasteiger partial charge in [-0.05, 0) is 43.5 Å². The Morgan fingerprint density at radius 2 is 1.88 bits per heavy atom. The maximum atomic E-state index is 10.8. The third-order valence-corrected chi connectivity index (χ3v) is 7.02. The van der Waals surface area contributed by atoms with E-state index in [0.29, 0.717) is 19.0 Å². The minimum absolute atomic E-state index is 0.203. The first-order valence-electron chi connectivity index (χ1n) is 11.7. The average molecular weight is 470 g/mol. The average Bonchev–Trinajstić information content (AvgIpc) is 3.62. The fourth-order valence-electron chi connectivity index (χ4n) is 4.56. The normalized spacial score (nSPS) is 17.8. The van der Waals surface area contributed by atoms with Crippen molar-refractivity contribution in [3.8, 4) is 17.0 Å². The number of rotatable bonds is 9. The molecule has 1 saturated carbocycles. The molecule has 1 unspecified atom stereocenters. The molecule has 0 amide bonds. The predicted molar refractivity (Wildman–Crippen MR) is 133 cm³/mol. The highest BCUT2D eigenvalue weighted by Crippen LogP contribution is 2.47. The van der Waals surface area contributed by atoms with Crippen molar-refractivity contribution in [2.24, 2.45) is 0 Å². The summed E-state index contributed by atoms with van der Waals surface area (Å²) in [6.45, 7) is 2.18. The number of hydrogen-bond donors (Lipinski definition) is 3. The quantitative estimate of drug-likeness (QED) is 0.307. The number of benzene rings is 2. The van der Waals surface area contributed by atoms with Gasteiger partial charge in [-0.3, -0.25) is 0 Å². The van der Waals surface area contributed by atoms with Crippen molar-refractivity contribution in [2.75, 3.05) is 36.6 Å². The van der Waals surface area contributed by atoms with E-state index in [1.54, 1.807) is 0 Å². The van der Waals surface area contributed by atoms with Gasteiger partial charge in [0.25, 0.3) is 0 Å². The van der Waals surface area contributed by atoms with Gasteiger partial charge in [-0.1, -0.05) is 12.1 Å². The van der Waals surface area contributed by atoms with E-state index in [1.807, 2.05) is 18.2 Å². The molecule has 1 aliphatic heterocycles. The highest BCUT2D eigenvalue weighted by atomic mass is 32.2. The third kappa shape index (κ3) is 5.03. The molecule has 8 heteroatoms. The van der Waals surface area contributed by atoms with Crippen LogP contribution in [0.15, 0.2) is 42.5 Å². The molecule has 5 rings (SSSR count). The summed E-state index contributed by atoms with van der Waals surface area (Å²) in [6.07, 6.45) is 5.02. The molecule has 2 fully saturated rings. The lowest BCUT2D eigenvalue weighted by atomic mass is 10.1. The van der Waals surface area contributed by atoms with Crippen LogP contribution in [0.25, 0.3) is 22.2 Å². The molecule has 0 radical (unpaired) electrons. The van der Waals surface area contributed by atoms with Crippen molar-refractivity contribution in [3.63, 3.8) is 0 Å². The van der Waals surface area contributed by atoms with Crippen molar-refractivity contribution in [3.05, 3.63) is 42.5 Å². The molecule has 2 aliphatic rings. The number of nitrogens with one attached hydrogen (secondary N) is 1. The van der Waals surface area contributed by atoms with Crippen molar-refractivity contribution in [1.82, 2.24) is 4.57 Å². The number of nitrogens with two attached hydrogens (primary N) is 1. The monoisotopic (exact) mass is 469 g/mol. The zero-order chi connectivity index (χ0) is 22.8. The Balaban J connectivity index is 1.41. The summed E-state index contributed by atoms with van der Waals surface area (Å²) in [6, 6.07) is 15.0. The molecule has 1 saturated heterocycles. The first kappa shape index (κ1) is 22.3. The van der Waals surface area contributed by atoms with Crippen LogP contribution in [0.1, 0.15) is 38.1 Å². The SMILES string of the molecule is Nc1c(-c2ccc(NCCCS(=O)O)cc2)n(C2CC2)c2cc(OC3CCOCC3)ccc12. The Morgan fingerprint density at radius 1 is 1.12 bits per heavy atom. The third-order valence-electron chi connectivity index (χ3n) is 6.38. The summed E-state index contributed by atoms with van der Waals surface area (Å²) in [4.78, 5) is 0. The molecule has 0 spiro atoms. The molecule has 3 aromatic rings. The van der Waals surface area contributed by atoms with E-state index in [1.165, 1.54) is 0 Å². The zero-order valence-corrected chi connectivity index (χ0v) is 19.5. The van der Waals surface area contributed by atoms with Crippen LogP contribution in [-0.2, 0) is 15.8 Å². The molecular formula is C25H31N3O4S. The van der Waals surface area contributed by atoms with Crippen molar-refractivity contribution >= 4 is 33.4 Å². The second kappa shape index (κ2) is 9.75. The van der Waals surface area contributed by atoms with Crippen LogP contribution < -0.4 is 15.8 Å². The molecular weight excluding hydrogens is 438 g/mol. The smallest absolute Gasteiger partial charge is 0.152 e. The second-order valence-electron chi connectivity index (χ2n) is 8.86. The van der Waals surface area contributed by atoms with Gasteiger partial charge in [-0.2, -0.15) is 0 Å². The summed E-state index contributed by atoms with van der Waals surface area (Å²) in [5, 5.41) is 4.37. The van der Waals surface area contributed by atoms with E-state index in [-0.39, 0.29) is 11.9 Å². The van der Waals surface area contributed by atoms with Gasteiger partial charge in [-0.25, -0.2) is 4.21 Å². The number of nitrogen functional groups attached to an aromatic ring is 1. The highest BCUT2D eigenvalue weighted by Gasteiger charge is 2.30. The topological polar surface area (TPSA) is 98.7 Å². The van der Waals surface area contributed by atoms with Crippen LogP contribution in [0.5, 0.6) is 5.75 Å². The molecule has 2 heterocycles. The van der Waals surface area contributed by atoms with Gasteiger partial charge in [0.2, 0.25) is 0 Å². The molecule has 1 aliphatic carbocycles. The van der Waals surface area contributed by atoms with Gasteiger partial charge >= 0.3 is 0 Å². The minimum Gasteiger partial charge on any atom is -0.490 e. The molecule has 176 valence electrons. The number of aromatic nitrogens is 1. The largest absolute Gasteiger partial charge is 0.490 e. The van der Waals surface area contributed by atoms with Gasteiger partial charge in [-0.15, -0.1) is 0 Å². The van der Waals surface area contributed by atoms with Crippen LogP contribution in [-0.4, -0.2) is 44.9 Å². The molecule has 1 aromatic heterocycles. The van der Waals surface area contributed by atoms with E-state index in [0.717, 1.165) is 78.2 Å². The number of ether oxygens (including phenoxy) is 2. The molecule has 2 aromatic carbocycles. The second-order valence-corrected chi connectivity index (χ2v) is 9.91. The summed E-state index contributed by atoms with van der Waals surface area (Å²) in [5.41, 5.74) is 11.8. The highest BCUT2D eigenvalue weighted by molar-refractivity contribution is 7.79. The molecule has 7 nitrogen and oxygen atoms in total. The van der Waals surface area contributed by atoms with Crippen molar-refractivity contribution in [2.45, 2.75) is 44.2 Å². The first-order valence-corrected chi connectivity index (χ1v) is 13.0. The van der Waals surface area contributed by atoms with E-state index < -0.39 is 11.1 Å². The van der Waals surface area contributed by atoms with Crippen LogP contribution in [0.2, 0.25) is 0 Å². The Labute approximate surface area is 196 Å². The maximum absolute atomic E-state index is 10.8. The number of hydrogen-bond acceptors (Lipinski definition) is 5. The molecule has 0 bridgehead atoms. The van der Waals surface area contributed by atoms with Gasteiger partial charge in [0.1, 0.15) is 11.9 Å². The Bertz CT molecular complexity index is 1130. The van der Waals surface area contributed by atoms with E-state index >= 15 is 0 Å². The van der Waals surface area contributed by atoms with Crippen LogP contribution in [0, 0.1) is 0 Å². The van der Waals surface area contributed by atoms with E-state index in [2.05, 4.69) is 34.1 Å². The fraction of sp³-hybridized carbons (Fsp3) is 0.440. The Morgan fingerprint density at radius 3 is 2.58 bits per heavy atom. The van der Waals surface area contributed by atoms with Crippen LogP contribution in [0.4, 0.5) is 11.4 Å². The predicted octanol–water partition coefficient (Wildman–Crippen LogP) is 4.81. The maximum Gasteiger partial charge on any atom is 0.152 e. The van der Waals surface area contributed by atoms with E-state index in [9.17, 15) is 4.21 Å². The summed E-state index contributed by atoms with van der Waals surface area (Å²) in [7, 11) is 0. The van der Waals surface area contributed by atoms with E-state index in [4.69, 9.17) is 19.8 Å². The fourth-order valence-corrected chi connectivity index (χ4v) is 4.95. The number of anilines is 2. The number of fused-ring (bicyclic) bond motifs is 1. The minimum atomic E-state index is -1.74. The van der Waals surface area contributed by atoms with Crippen molar-refractivity contribution < 1.29 is 18.2 Å². The molecule has 1 atom stereocenters. The zero-order valence-electron chi connectivity index (χ0n) is 18.7. The van der Waals surface area contributed by atoms with Crippen molar-refractivity contribution in [1.29, 1.82) is 0 Å².